The number of carbonyl (C=O) groups excluding carboxylic acids is 1. The van der Waals surface area contributed by atoms with Crippen molar-refractivity contribution in [3.8, 4) is 11.6 Å². The first-order valence-electron chi connectivity index (χ1n) is 6.56. The summed E-state index contributed by atoms with van der Waals surface area (Å²) in [4.78, 5) is 21.7. The highest BCUT2D eigenvalue weighted by molar-refractivity contribution is 7.18. The van der Waals surface area contributed by atoms with Crippen molar-refractivity contribution in [1.29, 1.82) is 0 Å². The Labute approximate surface area is 126 Å². The van der Waals surface area contributed by atoms with Crippen molar-refractivity contribution in [3.63, 3.8) is 0 Å². The number of fused-ring (bicyclic) bond motifs is 1. The Balaban J connectivity index is 2.08. The monoisotopic (exact) mass is 298 g/mol. The summed E-state index contributed by atoms with van der Waals surface area (Å²) >= 11 is 1.65. The molecule has 0 atom stereocenters. The van der Waals surface area contributed by atoms with E-state index >= 15 is 0 Å². The second-order valence-corrected chi connectivity index (χ2v) is 6.03. The van der Waals surface area contributed by atoms with Crippen LogP contribution < -0.4 is 4.74 Å². The van der Waals surface area contributed by atoms with E-state index in [1.165, 1.54) is 4.88 Å². The first-order valence-corrected chi connectivity index (χ1v) is 7.37. The molecule has 0 N–H and O–H groups in total. The van der Waals surface area contributed by atoms with Gasteiger partial charge in [0.2, 0.25) is 5.88 Å². The molecular weight excluding hydrogens is 284 g/mol. The van der Waals surface area contributed by atoms with Crippen molar-refractivity contribution >= 4 is 27.8 Å². The van der Waals surface area contributed by atoms with Gasteiger partial charge in [0.15, 0.2) is 0 Å². The van der Waals surface area contributed by atoms with Crippen LogP contribution in [0.15, 0.2) is 24.3 Å². The van der Waals surface area contributed by atoms with E-state index in [1.807, 2.05) is 6.92 Å². The molecule has 4 nitrogen and oxygen atoms in total. The zero-order chi connectivity index (χ0) is 15.0. The van der Waals surface area contributed by atoms with Crippen molar-refractivity contribution in [1.82, 2.24) is 9.97 Å². The fraction of sp³-hybridized carbons (Fsp3) is 0.188. The summed E-state index contributed by atoms with van der Waals surface area (Å²) in [5.74, 6) is 1.91. The average molecular weight is 298 g/mol. The van der Waals surface area contributed by atoms with Crippen molar-refractivity contribution in [2.24, 2.45) is 0 Å². The highest BCUT2D eigenvalue weighted by Gasteiger charge is 2.15. The van der Waals surface area contributed by atoms with Crippen LogP contribution in [0.4, 0.5) is 0 Å². The average Bonchev–Trinajstić information content (AvgIpc) is 2.74. The molecule has 2 heterocycles. The predicted octanol–water partition coefficient (Wildman–Crippen LogP) is 4.22. The second-order valence-electron chi connectivity index (χ2n) is 4.83. The number of hydrogen-bond acceptors (Lipinski definition) is 5. The molecule has 0 aliphatic carbocycles. The summed E-state index contributed by atoms with van der Waals surface area (Å²) in [7, 11) is 0. The van der Waals surface area contributed by atoms with Gasteiger partial charge in [-0.3, -0.25) is 4.79 Å². The third-order valence-corrected chi connectivity index (χ3v) is 4.44. The highest BCUT2D eigenvalue weighted by Crippen LogP contribution is 2.36. The molecule has 1 aromatic carbocycles. The lowest BCUT2D eigenvalue weighted by Crippen LogP contribution is -1.94. The van der Waals surface area contributed by atoms with E-state index in [4.69, 9.17) is 4.74 Å². The van der Waals surface area contributed by atoms with Gasteiger partial charge in [0.1, 0.15) is 22.7 Å². The zero-order valence-corrected chi connectivity index (χ0v) is 12.8. The predicted molar refractivity (Wildman–Crippen MR) is 83.5 cm³/mol. The van der Waals surface area contributed by atoms with Gasteiger partial charge in [-0.15, -0.1) is 11.3 Å². The van der Waals surface area contributed by atoms with Gasteiger partial charge < -0.3 is 4.74 Å². The Kier molecular flexibility index (Phi) is 3.43. The maximum absolute atomic E-state index is 10.7. The summed E-state index contributed by atoms with van der Waals surface area (Å²) in [6.07, 6.45) is 0.809. The zero-order valence-electron chi connectivity index (χ0n) is 12.0. The van der Waals surface area contributed by atoms with Gasteiger partial charge in [-0.25, -0.2) is 4.98 Å². The van der Waals surface area contributed by atoms with Crippen LogP contribution in [-0.2, 0) is 0 Å². The number of hydrogen-bond donors (Lipinski definition) is 0. The maximum atomic E-state index is 10.7. The molecule has 0 fully saturated rings. The molecule has 0 aliphatic heterocycles. The molecule has 2 aromatic heterocycles. The molecule has 0 saturated heterocycles. The lowest BCUT2D eigenvalue weighted by molar-refractivity contribution is 0.112. The molecule has 106 valence electrons. The minimum Gasteiger partial charge on any atom is -0.438 e. The Morgan fingerprint density at radius 3 is 2.48 bits per heavy atom. The van der Waals surface area contributed by atoms with Crippen molar-refractivity contribution < 1.29 is 9.53 Å². The standard InChI is InChI=1S/C16H14N2O2S/c1-9-10(2)21-16-14(9)15(17-11(3)18-16)20-13-6-4-12(8-19)5-7-13/h4-8H,1-3H3. The van der Waals surface area contributed by atoms with E-state index in [9.17, 15) is 4.79 Å². The minimum atomic E-state index is 0.568. The quantitative estimate of drug-likeness (QED) is 0.679. The SMILES string of the molecule is Cc1nc(Oc2ccc(C=O)cc2)c2c(C)c(C)sc2n1. The number of thiophene rings is 1. The maximum Gasteiger partial charge on any atom is 0.231 e. The summed E-state index contributed by atoms with van der Waals surface area (Å²) in [6.45, 7) is 5.97. The van der Waals surface area contributed by atoms with E-state index < -0.39 is 0 Å². The molecular formula is C16H14N2O2S. The molecule has 0 spiro atoms. The van der Waals surface area contributed by atoms with Crippen LogP contribution in [0.2, 0.25) is 0 Å². The van der Waals surface area contributed by atoms with E-state index in [-0.39, 0.29) is 0 Å². The highest BCUT2D eigenvalue weighted by atomic mass is 32.1. The largest absolute Gasteiger partial charge is 0.438 e. The Morgan fingerprint density at radius 2 is 1.81 bits per heavy atom. The summed E-state index contributed by atoms with van der Waals surface area (Å²) in [6, 6.07) is 6.97. The minimum absolute atomic E-state index is 0.568. The fourth-order valence-electron chi connectivity index (χ4n) is 2.11. The van der Waals surface area contributed by atoms with Gasteiger partial charge in [-0.2, -0.15) is 4.98 Å². The van der Waals surface area contributed by atoms with Crippen LogP contribution in [0.5, 0.6) is 11.6 Å². The number of carbonyl (C=O) groups is 1. The van der Waals surface area contributed by atoms with Crippen LogP contribution in [-0.4, -0.2) is 16.3 Å². The number of aldehydes is 1. The van der Waals surface area contributed by atoms with E-state index in [2.05, 4.69) is 23.8 Å². The van der Waals surface area contributed by atoms with Crippen molar-refractivity contribution in [2.75, 3.05) is 0 Å². The summed E-state index contributed by atoms with van der Waals surface area (Å²) in [5, 5.41) is 0.961. The first kappa shape index (κ1) is 13.7. The van der Waals surface area contributed by atoms with Crippen LogP contribution in [0, 0.1) is 20.8 Å². The molecule has 3 aromatic rings. The number of rotatable bonds is 3. The van der Waals surface area contributed by atoms with Crippen LogP contribution >= 0.6 is 11.3 Å². The Hall–Kier alpha value is -2.27. The normalized spacial score (nSPS) is 10.8. The Morgan fingerprint density at radius 1 is 1.10 bits per heavy atom. The van der Waals surface area contributed by atoms with Crippen LogP contribution in [0.3, 0.4) is 0 Å². The molecule has 21 heavy (non-hydrogen) atoms. The van der Waals surface area contributed by atoms with Gasteiger partial charge in [-0.05, 0) is 50.6 Å². The third-order valence-electron chi connectivity index (χ3n) is 3.34. The van der Waals surface area contributed by atoms with Crippen LogP contribution in [0.25, 0.3) is 10.2 Å². The van der Waals surface area contributed by atoms with Gasteiger partial charge in [-0.1, -0.05) is 0 Å². The topological polar surface area (TPSA) is 52.1 Å². The molecule has 0 bridgehead atoms. The van der Waals surface area contributed by atoms with Gasteiger partial charge >= 0.3 is 0 Å². The summed E-state index contributed by atoms with van der Waals surface area (Å²) in [5.41, 5.74) is 1.77. The van der Waals surface area contributed by atoms with Crippen molar-refractivity contribution in [2.45, 2.75) is 20.8 Å². The van der Waals surface area contributed by atoms with E-state index in [1.54, 1.807) is 35.6 Å². The number of nitrogens with zero attached hydrogens (tertiary/aromatic N) is 2. The van der Waals surface area contributed by atoms with Crippen LogP contribution in [0.1, 0.15) is 26.6 Å². The van der Waals surface area contributed by atoms with Gasteiger partial charge in [0, 0.05) is 10.4 Å². The number of aromatic nitrogens is 2. The van der Waals surface area contributed by atoms with Gasteiger partial charge in [0.25, 0.3) is 0 Å². The van der Waals surface area contributed by atoms with E-state index in [0.29, 0.717) is 23.0 Å². The lowest BCUT2D eigenvalue weighted by atomic mass is 10.2. The molecule has 0 aliphatic rings. The lowest BCUT2D eigenvalue weighted by Gasteiger charge is -2.07. The second kappa shape index (κ2) is 5.26. The molecule has 0 amide bonds. The molecule has 0 unspecified atom stereocenters. The Bertz CT molecular complexity index is 822. The smallest absolute Gasteiger partial charge is 0.231 e. The molecule has 0 radical (unpaired) electrons. The number of benzene rings is 1. The number of aryl methyl sites for hydroxylation is 3. The molecule has 0 saturated carbocycles. The third kappa shape index (κ3) is 2.52. The van der Waals surface area contributed by atoms with Crippen molar-refractivity contribution in [3.05, 3.63) is 46.1 Å². The molecule has 5 heteroatoms. The fourth-order valence-corrected chi connectivity index (χ4v) is 3.18. The first-order chi connectivity index (χ1) is 10.1. The van der Waals surface area contributed by atoms with E-state index in [0.717, 1.165) is 22.1 Å². The van der Waals surface area contributed by atoms with Gasteiger partial charge in [0.05, 0.1) is 5.39 Å². The number of ether oxygens (including phenoxy) is 1. The molecule has 3 rings (SSSR count). The summed E-state index contributed by atoms with van der Waals surface area (Å²) < 4.78 is 5.91.